The maximum atomic E-state index is 10.4. The van der Waals surface area contributed by atoms with Crippen LogP contribution >= 0.6 is 0 Å². The first kappa shape index (κ1) is 23.4. The van der Waals surface area contributed by atoms with E-state index in [2.05, 4.69) is 6.07 Å². The van der Waals surface area contributed by atoms with Gasteiger partial charge >= 0.3 is 69.7 Å². The molecule has 0 spiro atoms. The van der Waals surface area contributed by atoms with Gasteiger partial charge in [0, 0.05) is 5.75 Å². The van der Waals surface area contributed by atoms with Crippen LogP contribution in [-0.4, -0.2) is 35.8 Å². The first-order valence-corrected chi connectivity index (χ1v) is 5.71. The summed E-state index contributed by atoms with van der Waals surface area (Å²) in [4.78, 5) is -0.873. The molecule has 0 saturated heterocycles. The Kier molecular flexibility index (Phi) is 13.3. The maximum absolute atomic E-state index is 10.4. The molecule has 0 aliphatic rings. The van der Waals surface area contributed by atoms with E-state index in [1.54, 1.807) is 0 Å². The van der Waals surface area contributed by atoms with Crippen molar-refractivity contribution < 1.29 is 94.9 Å². The summed E-state index contributed by atoms with van der Waals surface area (Å²) in [7, 11) is -7.86. The molecule has 0 aromatic heterocycles. The average Bonchev–Trinajstić information content (AvgIpc) is 2.06. The maximum Gasteiger partial charge on any atom is 1.00 e. The smallest absolute Gasteiger partial charge is 0.754 e. The molecular formula is C6H4Na2O8S2. The van der Waals surface area contributed by atoms with E-state index < -0.39 is 37.1 Å². The Balaban J connectivity index is -0.000000332. The predicted octanol–water partition coefficient (Wildman–Crippen LogP) is -7.19. The zero-order valence-corrected chi connectivity index (χ0v) is 14.9. The van der Waals surface area contributed by atoms with Gasteiger partial charge < -0.3 is 14.8 Å². The van der Waals surface area contributed by atoms with Crippen molar-refractivity contribution in [3.63, 3.8) is 0 Å². The van der Waals surface area contributed by atoms with E-state index in [1.807, 2.05) is 0 Å². The van der Waals surface area contributed by atoms with E-state index >= 15 is 0 Å². The second-order valence-corrected chi connectivity index (χ2v) is 3.97. The van der Waals surface area contributed by atoms with Crippen LogP contribution in [0.5, 0.6) is 11.5 Å². The summed E-state index contributed by atoms with van der Waals surface area (Å²) in [5.41, 5.74) is 0. The molecule has 90 valence electrons. The van der Waals surface area contributed by atoms with Gasteiger partial charge in [0.2, 0.25) is 0 Å². The second-order valence-electron chi connectivity index (χ2n) is 2.21. The number of phenols is 2. The molecule has 0 bridgehead atoms. The van der Waals surface area contributed by atoms with Crippen molar-refractivity contribution in [1.82, 2.24) is 0 Å². The number of rotatable bonds is 1. The van der Waals surface area contributed by atoms with Crippen LogP contribution in [-0.2, 0) is 20.7 Å². The quantitative estimate of drug-likeness (QED) is 0.225. The topological polar surface area (TPSA) is 149 Å². The van der Waals surface area contributed by atoms with Crippen LogP contribution in [0.25, 0.3) is 0 Å². The van der Waals surface area contributed by atoms with Gasteiger partial charge in [-0.25, -0.2) is 0 Å². The molecule has 8 nitrogen and oxygen atoms in total. The van der Waals surface area contributed by atoms with Crippen LogP contribution in [0.4, 0.5) is 0 Å². The number of aromatic hydroxyl groups is 2. The summed E-state index contributed by atoms with van der Waals surface area (Å²) in [6.07, 6.45) is 0. The van der Waals surface area contributed by atoms with Gasteiger partial charge in [0.05, 0.1) is 15.9 Å². The molecule has 0 fully saturated rings. The molecule has 0 aliphatic heterocycles. The third-order valence-electron chi connectivity index (χ3n) is 1.18. The van der Waals surface area contributed by atoms with E-state index in [-0.39, 0.29) is 59.1 Å². The van der Waals surface area contributed by atoms with Gasteiger partial charge in [-0.1, -0.05) is 0 Å². The van der Waals surface area contributed by atoms with Crippen LogP contribution in [0.15, 0.2) is 17.0 Å². The fourth-order valence-corrected chi connectivity index (χ4v) is 1.20. The van der Waals surface area contributed by atoms with Crippen LogP contribution in [0.1, 0.15) is 0 Å². The van der Waals surface area contributed by atoms with Gasteiger partial charge in [-0.15, -0.1) is 18.7 Å². The van der Waals surface area contributed by atoms with E-state index in [0.717, 1.165) is 12.1 Å². The van der Waals surface area contributed by atoms with Crippen molar-refractivity contribution in [2.75, 3.05) is 0 Å². The third kappa shape index (κ3) is 9.30. The third-order valence-corrected chi connectivity index (χ3v) is 2.03. The van der Waals surface area contributed by atoms with Crippen molar-refractivity contribution in [3.8, 4) is 11.5 Å². The molecule has 0 heterocycles. The zero-order chi connectivity index (χ0) is 12.9. The monoisotopic (exact) mass is 314 g/mol. The summed E-state index contributed by atoms with van der Waals surface area (Å²) >= 11 is 0. The Morgan fingerprint density at radius 2 is 1.50 bits per heavy atom. The molecule has 1 aromatic rings. The fourth-order valence-electron chi connectivity index (χ4n) is 0.650. The Morgan fingerprint density at radius 3 is 1.78 bits per heavy atom. The van der Waals surface area contributed by atoms with Gasteiger partial charge in [0.15, 0.2) is 0 Å². The fraction of sp³-hybridized carbons (Fsp3) is 0. The second kappa shape index (κ2) is 10.2. The number of benzene rings is 1. The SMILES string of the molecule is O=S(=O)([O-])c1c[c-]cc(O)c1O.O=S(=O)=O.[Na+].[Na+]. The zero-order valence-electron chi connectivity index (χ0n) is 9.32. The number of hydrogen-bond donors (Lipinski definition) is 2. The van der Waals surface area contributed by atoms with Crippen molar-refractivity contribution in [2.24, 2.45) is 0 Å². The molecule has 0 atom stereocenters. The molecule has 2 N–H and O–H groups in total. The first-order chi connectivity index (χ1) is 7.16. The number of phenolic OH excluding ortho intramolecular Hbond substituents is 2. The molecule has 18 heavy (non-hydrogen) atoms. The van der Waals surface area contributed by atoms with Crippen LogP contribution < -0.4 is 59.1 Å². The molecular weight excluding hydrogens is 310 g/mol. The Morgan fingerprint density at radius 1 is 1.11 bits per heavy atom. The van der Waals surface area contributed by atoms with Crippen LogP contribution in [0.3, 0.4) is 0 Å². The molecule has 0 aliphatic carbocycles. The minimum absolute atomic E-state index is 0. The molecule has 0 saturated carbocycles. The molecule has 0 unspecified atom stereocenters. The van der Waals surface area contributed by atoms with Crippen LogP contribution in [0.2, 0.25) is 0 Å². The van der Waals surface area contributed by atoms with Gasteiger partial charge in [-0.05, 0) is 4.90 Å². The van der Waals surface area contributed by atoms with E-state index in [1.165, 1.54) is 0 Å². The van der Waals surface area contributed by atoms with Gasteiger partial charge in [-0.2, -0.15) is 12.1 Å². The minimum atomic E-state index is -4.75. The molecule has 1 rings (SSSR count). The van der Waals surface area contributed by atoms with E-state index in [9.17, 15) is 13.0 Å². The standard InChI is InChI=1S/C6H5O5S.2Na.O3S/c7-4-2-1-3-5(6(4)8)12(9,10)11;;;1-4(2)3/h2-3,7-8H,(H,9,10,11);;;/q-1;2*+1;/p-1. The van der Waals surface area contributed by atoms with Crippen molar-refractivity contribution in [1.29, 1.82) is 0 Å². The molecule has 12 heteroatoms. The van der Waals surface area contributed by atoms with E-state index in [4.69, 9.17) is 22.8 Å². The summed E-state index contributed by atoms with van der Waals surface area (Å²) in [6, 6.07) is 3.92. The van der Waals surface area contributed by atoms with Gasteiger partial charge in [0.1, 0.15) is 0 Å². The first-order valence-electron chi connectivity index (χ1n) is 3.31. The van der Waals surface area contributed by atoms with Gasteiger partial charge in [-0.3, -0.25) is 8.42 Å². The van der Waals surface area contributed by atoms with E-state index in [0.29, 0.717) is 0 Å². The van der Waals surface area contributed by atoms with Crippen molar-refractivity contribution in [3.05, 3.63) is 18.2 Å². The Labute approximate surface area is 148 Å². The Bertz CT molecular complexity index is 572. The van der Waals surface area contributed by atoms with Crippen molar-refractivity contribution >= 4 is 20.7 Å². The Hall–Kier alpha value is 0.350. The molecule has 0 amide bonds. The predicted molar refractivity (Wildman–Crippen MR) is 46.3 cm³/mol. The normalized spacial score (nSPS) is 8.94. The largest absolute Gasteiger partial charge is 1.00 e. The summed E-state index contributed by atoms with van der Waals surface area (Å²) in [5.74, 6) is -1.63. The summed E-state index contributed by atoms with van der Waals surface area (Å²) in [6.45, 7) is 0. The molecule has 0 radical (unpaired) electrons. The number of hydrogen-bond acceptors (Lipinski definition) is 8. The summed E-state index contributed by atoms with van der Waals surface area (Å²) < 4.78 is 56.4. The van der Waals surface area contributed by atoms with Crippen molar-refractivity contribution in [2.45, 2.75) is 4.90 Å². The minimum Gasteiger partial charge on any atom is -0.754 e. The average molecular weight is 314 g/mol. The summed E-state index contributed by atoms with van der Waals surface area (Å²) in [5, 5.41) is 17.7. The van der Waals surface area contributed by atoms with Gasteiger partial charge in [0.25, 0.3) is 0 Å². The molecule has 1 aromatic carbocycles. The van der Waals surface area contributed by atoms with Crippen LogP contribution in [0, 0.1) is 6.07 Å².